The largest absolute Gasteiger partial charge is 0.482 e. The van der Waals surface area contributed by atoms with Crippen LogP contribution in [0.2, 0.25) is 5.02 Å². The summed E-state index contributed by atoms with van der Waals surface area (Å²) in [7, 11) is -3.55. The Hall–Kier alpha value is -6.02. The number of carbonyl (C=O) groups is 6. The molecule has 486 valence electrons. The summed E-state index contributed by atoms with van der Waals surface area (Å²) < 4.78 is 46.2. The summed E-state index contributed by atoms with van der Waals surface area (Å²) in [6.45, 7) is 27.7. The van der Waals surface area contributed by atoms with E-state index < -0.39 is 67.7 Å². The number of carbonyl (C=O) groups excluding carboxylic acids is 6. The lowest BCUT2D eigenvalue weighted by Crippen LogP contribution is -2.57. The number of rotatable bonds is 35. The van der Waals surface area contributed by atoms with Crippen LogP contribution in [0.25, 0.3) is 5.65 Å². The molecular weight excluding hydrogens is 1150 g/mol. The molecule has 0 aliphatic carbocycles. The fourth-order valence-electron chi connectivity index (χ4n) is 9.94. The number of para-hydroxylation sites is 2. The molecule has 4 amide bonds. The molecule has 0 spiro atoms. The second-order valence-corrected chi connectivity index (χ2v) is 29.0. The Bertz CT molecular complexity index is 3040. The molecule has 0 bridgehead atoms. The van der Waals surface area contributed by atoms with Gasteiger partial charge in [-0.3, -0.25) is 29.0 Å². The minimum absolute atomic E-state index is 0.0381. The van der Waals surface area contributed by atoms with Gasteiger partial charge in [-0.15, -0.1) is 10.2 Å². The molecular formula is C66H103ClN8O11S. The lowest BCUT2D eigenvalue weighted by molar-refractivity contribution is -0.145. The van der Waals surface area contributed by atoms with Gasteiger partial charge in [-0.05, 0) is 77.3 Å². The number of nitrogens with zero attached hydrogens (tertiary/aromatic N) is 4. The van der Waals surface area contributed by atoms with Crippen molar-refractivity contribution in [3.8, 4) is 5.75 Å². The Kier molecular flexibility index (Phi) is 27.8. The maximum atomic E-state index is 13.5. The molecule has 1 aliphatic heterocycles. The molecule has 21 heteroatoms. The number of unbranched alkanes of at least 4 members (excludes halogenated alkanes) is 18. The van der Waals surface area contributed by atoms with Gasteiger partial charge in [0.1, 0.15) is 10.8 Å². The number of anilines is 2. The lowest BCUT2D eigenvalue weighted by atomic mass is 9.73. The number of Topliss-reactive ketones (excluding diaryl/α,β-unsaturated/α-hetero) is 1. The first kappa shape index (κ1) is 73.4. The van der Waals surface area contributed by atoms with Crippen molar-refractivity contribution in [3.63, 3.8) is 0 Å². The van der Waals surface area contributed by atoms with Gasteiger partial charge in [-0.25, -0.2) is 27.4 Å². The van der Waals surface area contributed by atoms with Crippen LogP contribution in [0.1, 0.15) is 253 Å². The van der Waals surface area contributed by atoms with Crippen molar-refractivity contribution < 1.29 is 51.4 Å². The van der Waals surface area contributed by atoms with Crippen LogP contribution in [-0.2, 0) is 49.5 Å². The lowest BCUT2D eigenvalue weighted by Gasteiger charge is -2.40. The topological polar surface area (TPSA) is 250 Å². The number of imide groups is 1. The number of amides is 4. The average molecular weight is 1250 g/mol. The molecule has 87 heavy (non-hydrogen) atoms. The number of ketones is 1. The number of nitrogens with one attached hydrogen (secondary N) is 4. The summed E-state index contributed by atoms with van der Waals surface area (Å²) in [6, 6.07) is 9.74. The highest BCUT2D eigenvalue weighted by molar-refractivity contribution is 7.92. The smallest absolute Gasteiger partial charge is 0.418 e. The second kappa shape index (κ2) is 33.0. The number of ether oxygens (including phenoxy) is 3. The number of cyclic esters (lactones) is 1. The van der Waals surface area contributed by atoms with Crippen molar-refractivity contribution in [1.82, 2.24) is 30.0 Å². The van der Waals surface area contributed by atoms with E-state index in [-0.39, 0.29) is 40.7 Å². The van der Waals surface area contributed by atoms with E-state index in [0.717, 1.165) is 50.6 Å². The number of sulfonamides is 1. The van der Waals surface area contributed by atoms with Gasteiger partial charge < -0.3 is 24.8 Å². The van der Waals surface area contributed by atoms with E-state index in [9.17, 15) is 37.2 Å². The Morgan fingerprint density at radius 2 is 1.28 bits per heavy atom. The Labute approximate surface area is 523 Å². The van der Waals surface area contributed by atoms with E-state index in [1.165, 1.54) is 97.0 Å². The van der Waals surface area contributed by atoms with E-state index in [2.05, 4.69) is 65.3 Å². The minimum Gasteiger partial charge on any atom is -0.482 e. The van der Waals surface area contributed by atoms with Crippen molar-refractivity contribution in [3.05, 3.63) is 70.1 Å². The van der Waals surface area contributed by atoms with E-state index in [1.54, 1.807) is 68.6 Å². The minimum atomic E-state index is -3.55. The average Bonchev–Trinajstić information content (AvgIpc) is 1.65. The highest BCUT2D eigenvalue weighted by Crippen LogP contribution is 2.38. The van der Waals surface area contributed by atoms with Crippen LogP contribution in [0, 0.1) is 12.3 Å². The van der Waals surface area contributed by atoms with Gasteiger partial charge in [0.15, 0.2) is 35.5 Å². The standard InChI is InChI=1S/C36H56N2O7.C30H47ClN6O4S/c1-8-9-10-11-12-13-14-15-16-17-18-19-20-21-24-44-32(41)27-23-22-26(2)28(25-27)37-31(40)29(30(39)35(3,4)5)38-33(42)36(6,7)45-34(38)43;1-9-10-11-12-13-16-19-42(39,40)36-21-17-14-15-18-22(21)41-20-23(38)32-30(7,8)29(5,6)27-34-33-26-24(31)25(28(2,3)4)35-37(26)27/h22-23,25,29H,8-21,24H2,1-7H3,(H,37,40);14-15,17-18,35-36H,9-13,16,19-20H2,1-8H3,(H,32,38). The molecule has 3 heterocycles. The van der Waals surface area contributed by atoms with Crippen molar-refractivity contribution >= 4 is 74.2 Å². The van der Waals surface area contributed by atoms with Crippen LogP contribution in [0.15, 0.2) is 42.5 Å². The number of esters is 1. The number of halogens is 1. The maximum absolute atomic E-state index is 13.5. The van der Waals surface area contributed by atoms with Crippen molar-refractivity contribution in [1.29, 1.82) is 0 Å². The fourth-order valence-corrected chi connectivity index (χ4v) is 11.6. The van der Waals surface area contributed by atoms with E-state index in [0.29, 0.717) is 45.7 Å². The van der Waals surface area contributed by atoms with Crippen LogP contribution in [0.4, 0.5) is 16.2 Å². The normalized spacial score (nSPS) is 14.1. The van der Waals surface area contributed by atoms with Gasteiger partial charge in [0.25, 0.3) is 17.7 Å². The number of H-pyrrole nitrogens is 1. The summed E-state index contributed by atoms with van der Waals surface area (Å²) in [4.78, 5) is 78.8. The highest BCUT2D eigenvalue weighted by Gasteiger charge is 2.55. The number of hydrogen-bond donors (Lipinski definition) is 4. The van der Waals surface area contributed by atoms with Gasteiger partial charge in [-0.2, -0.15) is 0 Å². The molecule has 1 fully saturated rings. The molecule has 2 aromatic heterocycles. The van der Waals surface area contributed by atoms with Gasteiger partial charge in [-0.1, -0.05) is 215 Å². The molecule has 2 aromatic carbocycles. The summed E-state index contributed by atoms with van der Waals surface area (Å²) in [5.41, 5.74) is -1.39. The molecule has 1 unspecified atom stereocenters. The third-order valence-corrected chi connectivity index (χ3v) is 17.8. The zero-order valence-electron chi connectivity index (χ0n) is 54.9. The molecule has 1 saturated heterocycles. The SMILES string of the molecule is CCCCCCCCCCCCCCCCOC(=O)c1ccc(C)c(NC(=O)C(C(=O)C(C)(C)C)N2C(=O)OC(C)(C)C2=O)c1.CCCCCCCCS(=O)(=O)Nc1ccccc1OCC(=O)NC(C)(C)C(C)(C)c1nnc2c(Cl)c(C(C)(C)C)[nH]n12. The molecule has 5 rings (SSSR count). The van der Waals surface area contributed by atoms with Crippen LogP contribution >= 0.6 is 11.6 Å². The zero-order valence-corrected chi connectivity index (χ0v) is 56.5. The summed E-state index contributed by atoms with van der Waals surface area (Å²) in [6.07, 6.45) is 22.3. The van der Waals surface area contributed by atoms with Crippen molar-refractivity contribution in [2.75, 3.05) is 29.0 Å². The number of hydrogen-bond acceptors (Lipinski definition) is 13. The predicted molar refractivity (Wildman–Crippen MR) is 345 cm³/mol. The number of aryl methyl sites for hydroxylation is 1. The first-order valence-electron chi connectivity index (χ1n) is 31.6. The predicted octanol–water partition coefficient (Wildman–Crippen LogP) is 14.7. The first-order chi connectivity index (χ1) is 40.7. The maximum Gasteiger partial charge on any atom is 0.418 e. The van der Waals surface area contributed by atoms with Gasteiger partial charge in [0.05, 0.1) is 29.3 Å². The fraction of sp³-hybridized carbons (Fsp3) is 0.667. The molecule has 19 nitrogen and oxygen atoms in total. The van der Waals surface area contributed by atoms with Crippen molar-refractivity contribution in [2.24, 2.45) is 5.41 Å². The first-order valence-corrected chi connectivity index (χ1v) is 33.6. The molecule has 1 atom stereocenters. The highest BCUT2D eigenvalue weighted by atomic mass is 35.5. The van der Waals surface area contributed by atoms with E-state index >= 15 is 0 Å². The van der Waals surface area contributed by atoms with E-state index in [4.69, 9.17) is 25.8 Å². The Morgan fingerprint density at radius 1 is 0.736 bits per heavy atom. The summed E-state index contributed by atoms with van der Waals surface area (Å²) in [5, 5.41) is 18.3. The summed E-state index contributed by atoms with van der Waals surface area (Å²) >= 11 is 6.62. The quantitative estimate of drug-likeness (QED) is 0.0190. The van der Waals surface area contributed by atoms with Gasteiger partial charge in [0, 0.05) is 27.5 Å². The van der Waals surface area contributed by atoms with Crippen LogP contribution < -0.4 is 20.1 Å². The van der Waals surface area contributed by atoms with Gasteiger partial charge >= 0.3 is 12.1 Å². The molecule has 1 aliphatic rings. The zero-order chi connectivity index (χ0) is 65.0. The molecule has 0 radical (unpaired) electrons. The third kappa shape index (κ3) is 21.6. The monoisotopic (exact) mass is 1250 g/mol. The number of aromatic nitrogens is 4. The van der Waals surface area contributed by atoms with Crippen LogP contribution in [0.5, 0.6) is 5.75 Å². The van der Waals surface area contributed by atoms with Crippen LogP contribution in [0.3, 0.4) is 0 Å². The third-order valence-electron chi connectivity index (χ3n) is 16.1. The van der Waals surface area contributed by atoms with Gasteiger partial charge in [0.2, 0.25) is 10.0 Å². The molecule has 4 aromatic rings. The second-order valence-electron chi connectivity index (χ2n) is 26.8. The Balaban J connectivity index is 0.000000373. The number of aromatic amines is 1. The van der Waals surface area contributed by atoms with E-state index in [1.807, 2.05) is 27.7 Å². The molecule has 0 saturated carbocycles. The Morgan fingerprint density at radius 3 is 1.80 bits per heavy atom. The van der Waals surface area contributed by atoms with Crippen molar-refractivity contribution in [2.45, 2.75) is 260 Å². The van der Waals surface area contributed by atoms with Crippen LogP contribution in [-0.4, -0.2) is 105 Å². The number of benzene rings is 2. The number of fused-ring (bicyclic) bond motifs is 1. The molecule has 4 N–H and O–H groups in total. The summed E-state index contributed by atoms with van der Waals surface area (Å²) in [5.74, 6) is -2.20.